The van der Waals surface area contributed by atoms with E-state index >= 15 is 0 Å². The third kappa shape index (κ3) is 5.42. The number of alkyl halides is 3. The van der Waals surface area contributed by atoms with Crippen LogP contribution >= 0.6 is 23.1 Å². The van der Waals surface area contributed by atoms with E-state index < -0.39 is 11.7 Å². The van der Waals surface area contributed by atoms with Gasteiger partial charge in [0.05, 0.1) is 5.56 Å². The van der Waals surface area contributed by atoms with Gasteiger partial charge in [-0.2, -0.15) is 13.2 Å². The molecule has 2 amide bonds. The summed E-state index contributed by atoms with van der Waals surface area (Å²) in [6.07, 6.45) is -2.74. The van der Waals surface area contributed by atoms with E-state index in [0.717, 1.165) is 30.1 Å². The van der Waals surface area contributed by atoms with Gasteiger partial charge in [-0.1, -0.05) is 17.8 Å². The zero-order valence-corrected chi connectivity index (χ0v) is 20.8. The van der Waals surface area contributed by atoms with E-state index in [4.69, 9.17) is 0 Å². The summed E-state index contributed by atoms with van der Waals surface area (Å²) in [5.74, 6) is -0.0795. The molecule has 0 saturated carbocycles. The van der Waals surface area contributed by atoms with Crippen LogP contribution in [-0.4, -0.2) is 76.8 Å². The first-order valence-corrected chi connectivity index (χ1v) is 13.1. The van der Waals surface area contributed by atoms with Crippen LogP contribution in [0, 0.1) is 0 Å². The molecule has 2 fully saturated rings. The number of piperazine rings is 1. The van der Waals surface area contributed by atoms with E-state index in [1.54, 1.807) is 46.8 Å². The average Bonchev–Trinajstić information content (AvgIpc) is 3.38. The second-order valence-corrected chi connectivity index (χ2v) is 10.7. The van der Waals surface area contributed by atoms with Crippen molar-refractivity contribution in [2.45, 2.75) is 22.0 Å². The Morgan fingerprint density at radius 2 is 1.64 bits per heavy atom. The summed E-state index contributed by atoms with van der Waals surface area (Å²) >= 11 is 2.57. The number of benzene rings is 2. The first-order valence-electron chi connectivity index (χ1n) is 11.5. The second kappa shape index (κ2) is 10.2. The first-order chi connectivity index (χ1) is 17.3. The molecule has 0 unspecified atom stereocenters. The standard InChI is InChI=1S/C25H23F3N4O2S2/c26-25(27,28)18-2-1-3-21(14-18)36-20-6-4-17(5-7-20)23(33)32-15-19(16-32)30-9-11-31(12-10-30)24(34)22-29-8-13-35-22/h1-8,13-14,19H,9-12,15-16H2. The maximum absolute atomic E-state index is 12.9. The van der Waals surface area contributed by atoms with Gasteiger partial charge in [-0.05, 0) is 42.5 Å². The van der Waals surface area contributed by atoms with Gasteiger partial charge < -0.3 is 9.80 Å². The highest BCUT2D eigenvalue weighted by atomic mass is 32.2. The van der Waals surface area contributed by atoms with Crippen molar-refractivity contribution in [2.75, 3.05) is 39.3 Å². The van der Waals surface area contributed by atoms with Gasteiger partial charge in [0.1, 0.15) is 0 Å². The summed E-state index contributed by atoms with van der Waals surface area (Å²) in [5, 5.41) is 2.31. The summed E-state index contributed by atoms with van der Waals surface area (Å²) in [5.41, 5.74) is -0.125. The van der Waals surface area contributed by atoms with E-state index in [1.165, 1.54) is 29.2 Å². The lowest BCUT2D eigenvalue weighted by molar-refractivity contribution is -0.137. The van der Waals surface area contributed by atoms with Gasteiger partial charge in [0.2, 0.25) is 0 Å². The van der Waals surface area contributed by atoms with E-state index in [-0.39, 0.29) is 17.9 Å². The number of hydrogen-bond donors (Lipinski definition) is 0. The summed E-state index contributed by atoms with van der Waals surface area (Å²) in [6, 6.07) is 12.4. The molecule has 6 nitrogen and oxygen atoms in total. The molecule has 5 rings (SSSR count). The molecule has 0 radical (unpaired) electrons. The minimum Gasteiger partial charge on any atom is -0.335 e. The molecule has 11 heteroatoms. The average molecular weight is 533 g/mol. The van der Waals surface area contributed by atoms with Gasteiger partial charge in [-0.25, -0.2) is 4.98 Å². The molecule has 0 spiro atoms. The Kier molecular flexibility index (Phi) is 7.05. The lowest BCUT2D eigenvalue weighted by Gasteiger charge is -2.48. The van der Waals surface area contributed by atoms with E-state index in [1.807, 2.05) is 4.90 Å². The fraction of sp³-hybridized carbons (Fsp3) is 0.320. The predicted molar refractivity (Wildman–Crippen MR) is 131 cm³/mol. The van der Waals surface area contributed by atoms with Crippen LogP contribution in [0.15, 0.2) is 69.9 Å². The molecule has 0 atom stereocenters. The lowest BCUT2D eigenvalue weighted by atomic mass is 10.0. The van der Waals surface area contributed by atoms with Gasteiger partial charge in [-0.3, -0.25) is 14.5 Å². The van der Waals surface area contributed by atoms with Crippen LogP contribution in [0.2, 0.25) is 0 Å². The fourth-order valence-electron chi connectivity index (χ4n) is 4.33. The van der Waals surface area contributed by atoms with E-state index in [0.29, 0.717) is 41.6 Å². The molecule has 3 heterocycles. The molecule has 1 aromatic heterocycles. The predicted octanol–water partition coefficient (Wildman–Crippen LogP) is 4.60. The first kappa shape index (κ1) is 24.8. The van der Waals surface area contributed by atoms with Crippen LogP contribution in [0.25, 0.3) is 0 Å². The van der Waals surface area contributed by atoms with Crippen molar-refractivity contribution >= 4 is 34.9 Å². The maximum atomic E-state index is 12.9. The van der Waals surface area contributed by atoms with Crippen molar-refractivity contribution < 1.29 is 22.8 Å². The monoisotopic (exact) mass is 532 g/mol. The Labute approximate surface area is 214 Å². The van der Waals surface area contributed by atoms with Crippen molar-refractivity contribution in [3.8, 4) is 0 Å². The number of rotatable bonds is 5. The number of hydrogen-bond acceptors (Lipinski definition) is 6. The summed E-state index contributed by atoms with van der Waals surface area (Å²) in [7, 11) is 0. The summed E-state index contributed by atoms with van der Waals surface area (Å²) in [6.45, 7) is 4.11. The smallest absolute Gasteiger partial charge is 0.335 e. The minimum absolute atomic E-state index is 0.0234. The Balaban J connectivity index is 1.10. The molecule has 0 bridgehead atoms. The van der Waals surface area contributed by atoms with Gasteiger partial charge in [0, 0.05) is 72.2 Å². The third-order valence-corrected chi connectivity index (χ3v) is 8.14. The molecule has 3 aromatic rings. The number of carbonyl (C=O) groups is 2. The molecule has 2 aliphatic heterocycles. The normalized spacial score (nSPS) is 17.2. The van der Waals surface area contributed by atoms with Gasteiger partial charge >= 0.3 is 6.18 Å². The van der Waals surface area contributed by atoms with E-state index in [9.17, 15) is 22.8 Å². The largest absolute Gasteiger partial charge is 0.416 e. The Morgan fingerprint density at radius 3 is 2.28 bits per heavy atom. The highest BCUT2D eigenvalue weighted by molar-refractivity contribution is 7.99. The number of amides is 2. The topological polar surface area (TPSA) is 56.8 Å². The number of aromatic nitrogens is 1. The van der Waals surface area contributed by atoms with Crippen LogP contribution in [0.3, 0.4) is 0 Å². The SMILES string of the molecule is O=C(c1ccc(Sc2cccc(C(F)(F)F)c2)cc1)N1CC(N2CCN(C(=O)c3nccs3)CC2)C1. The minimum atomic E-state index is -4.38. The van der Waals surface area contributed by atoms with Crippen LogP contribution in [0.4, 0.5) is 13.2 Å². The van der Waals surface area contributed by atoms with Gasteiger partial charge in [0.25, 0.3) is 11.8 Å². The van der Waals surface area contributed by atoms with Crippen molar-refractivity contribution in [1.82, 2.24) is 19.7 Å². The zero-order valence-electron chi connectivity index (χ0n) is 19.1. The highest BCUT2D eigenvalue weighted by Crippen LogP contribution is 2.34. The molecule has 2 aromatic carbocycles. The van der Waals surface area contributed by atoms with Crippen molar-refractivity contribution in [3.63, 3.8) is 0 Å². The second-order valence-electron chi connectivity index (χ2n) is 8.68. The Morgan fingerprint density at radius 1 is 0.917 bits per heavy atom. The summed E-state index contributed by atoms with van der Waals surface area (Å²) < 4.78 is 38.8. The van der Waals surface area contributed by atoms with Crippen molar-refractivity contribution in [2.24, 2.45) is 0 Å². The molecule has 2 saturated heterocycles. The van der Waals surface area contributed by atoms with Gasteiger partial charge in [-0.15, -0.1) is 11.3 Å². The number of likely N-dealkylation sites (tertiary alicyclic amines) is 1. The van der Waals surface area contributed by atoms with Crippen LogP contribution < -0.4 is 0 Å². The summed E-state index contributed by atoms with van der Waals surface area (Å²) in [4.78, 5) is 36.6. The number of carbonyl (C=O) groups excluding carboxylic acids is 2. The van der Waals surface area contributed by atoms with Gasteiger partial charge in [0.15, 0.2) is 5.01 Å². The molecule has 2 aliphatic rings. The molecule has 188 valence electrons. The van der Waals surface area contributed by atoms with Crippen molar-refractivity contribution in [3.05, 3.63) is 76.2 Å². The maximum Gasteiger partial charge on any atom is 0.416 e. The van der Waals surface area contributed by atoms with E-state index in [2.05, 4.69) is 9.88 Å². The lowest BCUT2D eigenvalue weighted by Crippen LogP contribution is -2.64. The number of halogens is 3. The molecule has 0 N–H and O–H groups in total. The molecular weight excluding hydrogens is 509 g/mol. The van der Waals surface area contributed by atoms with Crippen LogP contribution in [-0.2, 0) is 6.18 Å². The number of thiazole rings is 1. The van der Waals surface area contributed by atoms with Crippen molar-refractivity contribution in [1.29, 1.82) is 0 Å². The highest BCUT2D eigenvalue weighted by Gasteiger charge is 2.37. The third-order valence-electron chi connectivity index (χ3n) is 6.38. The quantitative estimate of drug-likeness (QED) is 0.481. The van der Waals surface area contributed by atoms with Crippen LogP contribution in [0.5, 0.6) is 0 Å². The Hall–Kier alpha value is -2.89. The molecule has 0 aliphatic carbocycles. The Bertz CT molecular complexity index is 1220. The number of nitrogens with zero attached hydrogens (tertiary/aromatic N) is 4. The molecule has 36 heavy (non-hydrogen) atoms. The van der Waals surface area contributed by atoms with Crippen LogP contribution in [0.1, 0.15) is 25.7 Å². The zero-order chi connectivity index (χ0) is 25.3. The molecular formula is C25H23F3N4O2S2. The fourth-order valence-corrected chi connectivity index (χ4v) is 5.81.